The lowest BCUT2D eigenvalue weighted by atomic mass is 9.91. The van der Waals surface area contributed by atoms with Crippen LogP contribution >= 0.6 is 0 Å². The zero-order valence-electron chi connectivity index (χ0n) is 10.3. The monoisotopic (exact) mass is 210 g/mol. The van der Waals surface area contributed by atoms with Crippen LogP contribution in [0.4, 0.5) is 0 Å². The molecule has 0 aromatic heterocycles. The van der Waals surface area contributed by atoms with E-state index >= 15 is 0 Å². The molecule has 0 spiro atoms. The fourth-order valence-corrected chi connectivity index (χ4v) is 3.20. The van der Waals surface area contributed by atoms with Crippen molar-refractivity contribution in [3.05, 3.63) is 0 Å². The SMILES string of the molecule is CC(C)C1CCCCN1CC1CCNC1. The van der Waals surface area contributed by atoms with E-state index in [0.717, 1.165) is 17.9 Å². The lowest BCUT2D eigenvalue weighted by Crippen LogP contribution is -2.45. The Balaban J connectivity index is 1.86. The highest BCUT2D eigenvalue weighted by atomic mass is 15.2. The molecule has 0 bridgehead atoms. The van der Waals surface area contributed by atoms with E-state index in [1.807, 2.05) is 0 Å². The van der Waals surface area contributed by atoms with Crippen LogP contribution in [0.5, 0.6) is 0 Å². The van der Waals surface area contributed by atoms with Gasteiger partial charge in [0.1, 0.15) is 0 Å². The Hall–Kier alpha value is -0.0800. The number of hydrogen-bond acceptors (Lipinski definition) is 2. The molecule has 0 aromatic rings. The second-order valence-electron chi connectivity index (χ2n) is 5.66. The first kappa shape index (κ1) is 11.4. The van der Waals surface area contributed by atoms with E-state index in [9.17, 15) is 0 Å². The molecule has 1 N–H and O–H groups in total. The third-order valence-corrected chi connectivity index (χ3v) is 4.09. The van der Waals surface area contributed by atoms with Crippen molar-refractivity contribution in [3.63, 3.8) is 0 Å². The van der Waals surface area contributed by atoms with Crippen LogP contribution in [0.25, 0.3) is 0 Å². The van der Waals surface area contributed by atoms with Gasteiger partial charge in [-0.25, -0.2) is 0 Å². The molecule has 0 saturated carbocycles. The molecule has 2 unspecified atom stereocenters. The van der Waals surface area contributed by atoms with Crippen LogP contribution in [0, 0.1) is 11.8 Å². The maximum Gasteiger partial charge on any atom is 0.0118 e. The first-order chi connectivity index (χ1) is 7.27. The molecule has 0 aliphatic carbocycles. The molecule has 2 nitrogen and oxygen atoms in total. The van der Waals surface area contributed by atoms with E-state index < -0.39 is 0 Å². The van der Waals surface area contributed by atoms with Gasteiger partial charge < -0.3 is 5.32 Å². The molecule has 15 heavy (non-hydrogen) atoms. The van der Waals surface area contributed by atoms with E-state index in [2.05, 4.69) is 24.1 Å². The molecule has 2 heterocycles. The zero-order valence-corrected chi connectivity index (χ0v) is 10.3. The number of likely N-dealkylation sites (tertiary alicyclic amines) is 1. The van der Waals surface area contributed by atoms with Gasteiger partial charge in [0, 0.05) is 12.6 Å². The zero-order chi connectivity index (χ0) is 10.7. The topological polar surface area (TPSA) is 15.3 Å². The van der Waals surface area contributed by atoms with Gasteiger partial charge in [-0.2, -0.15) is 0 Å². The summed E-state index contributed by atoms with van der Waals surface area (Å²) in [4.78, 5) is 2.77. The highest BCUT2D eigenvalue weighted by Gasteiger charge is 2.27. The number of piperidine rings is 1. The molecule has 0 amide bonds. The second kappa shape index (κ2) is 5.31. The molecule has 2 saturated heterocycles. The molecule has 2 heteroatoms. The maximum absolute atomic E-state index is 3.48. The highest BCUT2D eigenvalue weighted by Crippen LogP contribution is 2.24. The predicted molar refractivity (Wildman–Crippen MR) is 65.0 cm³/mol. The Morgan fingerprint density at radius 3 is 2.80 bits per heavy atom. The summed E-state index contributed by atoms with van der Waals surface area (Å²) >= 11 is 0. The van der Waals surface area contributed by atoms with Crippen molar-refractivity contribution in [2.24, 2.45) is 11.8 Å². The molecule has 2 aliphatic heterocycles. The minimum absolute atomic E-state index is 0.833. The summed E-state index contributed by atoms with van der Waals surface area (Å²) in [6, 6.07) is 0.861. The van der Waals surface area contributed by atoms with Gasteiger partial charge in [0.25, 0.3) is 0 Å². The van der Waals surface area contributed by atoms with E-state index in [0.29, 0.717) is 0 Å². The number of hydrogen-bond donors (Lipinski definition) is 1. The van der Waals surface area contributed by atoms with Crippen LogP contribution in [0.3, 0.4) is 0 Å². The van der Waals surface area contributed by atoms with Gasteiger partial charge in [0.15, 0.2) is 0 Å². The van der Waals surface area contributed by atoms with Gasteiger partial charge in [0.2, 0.25) is 0 Å². The molecular formula is C13H26N2. The van der Waals surface area contributed by atoms with Gasteiger partial charge in [-0.3, -0.25) is 4.90 Å². The number of rotatable bonds is 3. The molecule has 2 rings (SSSR count). The van der Waals surface area contributed by atoms with E-state index in [1.54, 1.807) is 0 Å². The van der Waals surface area contributed by atoms with Crippen LogP contribution in [0.15, 0.2) is 0 Å². The first-order valence-electron chi connectivity index (χ1n) is 6.72. The molecular weight excluding hydrogens is 184 g/mol. The minimum atomic E-state index is 0.833. The van der Waals surface area contributed by atoms with Crippen molar-refractivity contribution in [1.29, 1.82) is 0 Å². The normalized spacial score (nSPS) is 33.8. The Labute approximate surface area is 94.4 Å². The third-order valence-electron chi connectivity index (χ3n) is 4.09. The lowest BCUT2D eigenvalue weighted by molar-refractivity contribution is 0.0962. The smallest absolute Gasteiger partial charge is 0.0118 e. The fraction of sp³-hybridized carbons (Fsp3) is 1.00. The Morgan fingerprint density at radius 1 is 1.27 bits per heavy atom. The standard InChI is InChI=1S/C13H26N2/c1-11(2)13-5-3-4-8-15(13)10-12-6-7-14-9-12/h11-14H,3-10H2,1-2H3. The van der Waals surface area contributed by atoms with Crippen LogP contribution in [-0.4, -0.2) is 37.1 Å². The van der Waals surface area contributed by atoms with E-state index in [1.165, 1.54) is 51.9 Å². The summed E-state index contributed by atoms with van der Waals surface area (Å²) < 4.78 is 0. The van der Waals surface area contributed by atoms with Crippen LogP contribution in [-0.2, 0) is 0 Å². The molecule has 2 aliphatic rings. The van der Waals surface area contributed by atoms with Crippen LogP contribution in [0.2, 0.25) is 0 Å². The lowest BCUT2D eigenvalue weighted by Gasteiger charge is -2.39. The van der Waals surface area contributed by atoms with Crippen molar-refractivity contribution >= 4 is 0 Å². The van der Waals surface area contributed by atoms with Crippen molar-refractivity contribution < 1.29 is 0 Å². The van der Waals surface area contributed by atoms with E-state index in [4.69, 9.17) is 0 Å². The van der Waals surface area contributed by atoms with Crippen molar-refractivity contribution in [1.82, 2.24) is 10.2 Å². The molecule has 2 atom stereocenters. The Morgan fingerprint density at radius 2 is 2.13 bits per heavy atom. The summed E-state index contributed by atoms with van der Waals surface area (Å²) in [5, 5.41) is 3.48. The van der Waals surface area contributed by atoms with Crippen molar-refractivity contribution in [2.75, 3.05) is 26.2 Å². The molecule has 88 valence electrons. The summed E-state index contributed by atoms with van der Waals surface area (Å²) in [5.74, 6) is 1.75. The Kier molecular flexibility index (Phi) is 4.04. The first-order valence-corrected chi connectivity index (χ1v) is 6.72. The highest BCUT2D eigenvalue weighted by molar-refractivity contribution is 4.83. The fourth-order valence-electron chi connectivity index (χ4n) is 3.20. The molecule has 0 radical (unpaired) electrons. The predicted octanol–water partition coefficient (Wildman–Crippen LogP) is 2.11. The van der Waals surface area contributed by atoms with Gasteiger partial charge in [0.05, 0.1) is 0 Å². The quantitative estimate of drug-likeness (QED) is 0.767. The summed E-state index contributed by atoms with van der Waals surface area (Å²) in [5.41, 5.74) is 0. The van der Waals surface area contributed by atoms with Gasteiger partial charge >= 0.3 is 0 Å². The number of nitrogens with zero attached hydrogens (tertiary/aromatic N) is 1. The Bertz CT molecular complexity index is 185. The second-order valence-corrected chi connectivity index (χ2v) is 5.66. The molecule has 2 fully saturated rings. The average Bonchev–Trinajstić information content (AvgIpc) is 2.71. The van der Waals surface area contributed by atoms with Crippen LogP contribution in [0.1, 0.15) is 39.5 Å². The van der Waals surface area contributed by atoms with Crippen molar-refractivity contribution in [2.45, 2.75) is 45.6 Å². The van der Waals surface area contributed by atoms with Gasteiger partial charge in [-0.15, -0.1) is 0 Å². The largest absolute Gasteiger partial charge is 0.316 e. The third kappa shape index (κ3) is 2.94. The van der Waals surface area contributed by atoms with Gasteiger partial charge in [-0.1, -0.05) is 20.3 Å². The maximum atomic E-state index is 3.48. The minimum Gasteiger partial charge on any atom is -0.316 e. The summed E-state index contributed by atoms with van der Waals surface area (Å²) in [7, 11) is 0. The molecule has 0 aromatic carbocycles. The van der Waals surface area contributed by atoms with Crippen LogP contribution < -0.4 is 5.32 Å². The van der Waals surface area contributed by atoms with Crippen molar-refractivity contribution in [3.8, 4) is 0 Å². The number of nitrogens with one attached hydrogen (secondary N) is 1. The van der Waals surface area contributed by atoms with Gasteiger partial charge in [-0.05, 0) is 50.7 Å². The van der Waals surface area contributed by atoms with E-state index in [-0.39, 0.29) is 0 Å². The summed E-state index contributed by atoms with van der Waals surface area (Å²) in [6.07, 6.45) is 5.69. The summed E-state index contributed by atoms with van der Waals surface area (Å²) in [6.45, 7) is 9.95. The average molecular weight is 210 g/mol.